The van der Waals surface area contributed by atoms with Crippen LogP contribution in [0.5, 0.6) is 0 Å². The first-order valence-corrected chi connectivity index (χ1v) is 8.37. The molecule has 2 rings (SSSR count). The lowest BCUT2D eigenvalue weighted by atomic mass is 10.0. The smallest absolute Gasteiger partial charge is 0.337 e. The van der Waals surface area contributed by atoms with Crippen molar-refractivity contribution in [2.24, 2.45) is 0 Å². The van der Waals surface area contributed by atoms with Gasteiger partial charge in [-0.3, -0.25) is 4.72 Å². The van der Waals surface area contributed by atoms with Crippen molar-refractivity contribution >= 4 is 33.3 Å². The Morgan fingerprint density at radius 1 is 1.25 bits per heavy atom. The number of hydrogen-bond acceptors (Lipinski definition) is 3. The fourth-order valence-corrected chi connectivity index (χ4v) is 4.21. The number of carbonyl (C=O) groups is 1. The van der Waals surface area contributed by atoms with Gasteiger partial charge in [-0.1, -0.05) is 30.9 Å². The first kappa shape index (κ1) is 15.1. The number of rotatable bonds is 4. The Hall–Kier alpha value is -1.27. The number of nitrogens with one attached hydrogen (secondary N) is 1. The Morgan fingerprint density at radius 2 is 1.90 bits per heavy atom. The minimum atomic E-state index is -3.44. The summed E-state index contributed by atoms with van der Waals surface area (Å²) < 4.78 is 26.9. The number of carboxylic acid groups (broad SMARTS) is 1. The van der Waals surface area contributed by atoms with Gasteiger partial charge in [-0.2, -0.15) is 0 Å². The number of hydrogen-bond donors (Lipinski definition) is 2. The van der Waals surface area contributed by atoms with E-state index in [1.54, 1.807) is 0 Å². The molecule has 1 aliphatic carbocycles. The molecule has 1 aromatic carbocycles. The van der Waals surface area contributed by atoms with Gasteiger partial charge in [-0.25, -0.2) is 13.2 Å². The summed E-state index contributed by atoms with van der Waals surface area (Å²) in [6, 6.07) is 4.03. The third-order valence-electron chi connectivity index (χ3n) is 3.45. The molecule has 1 aliphatic rings. The molecule has 0 saturated heterocycles. The number of anilines is 1. The van der Waals surface area contributed by atoms with Crippen LogP contribution in [0.15, 0.2) is 18.2 Å². The minimum absolute atomic E-state index is 0.0151. The predicted molar refractivity (Wildman–Crippen MR) is 77.8 cm³/mol. The molecular formula is C13H16ClNO4S. The van der Waals surface area contributed by atoms with Crippen molar-refractivity contribution < 1.29 is 18.3 Å². The molecule has 0 bridgehead atoms. The van der Waals surface area contributed by atoms with Crippen molar-refractivity contribution in [1.29, 1.82) is 0 Å². The second-order valence-electron chi connectivity index (χ2n) is 4.91. The SMILES string of the molecule is O=C(O)c1ccc(NS(=O)(=O)C2CCCCC2)cc1Cl. The molecule has 110 valence electrons. The summed E-state index contributed by atoms with van der Waals surface area (Å²) in [5.41, 5.74) is 0.248. The lowest BCUT2D eigenvalue weighted by Crippen LogP contribution is -2.29. The number of aromatic carboxylic acids is 1. The maximum absolute atomic E-state index is 12.2. The summed E-state index contributed by atoms with van der Waals surface area (Å²) in [5, 5.41) is 8.50. The fourth-order valence-electron chi connectivity index (χ4n) is 2.38. The van der Waals surface area contributed by atoms with Gasteiger partial charge in [0, 0.05) is 0 Å². The van der Waals surface area contributed by atoms with E-state index in [2.05, 4.69) is 4.72 Å². The second kappa shape index (κ2) is 6.01. The van der Waals surface area contributed by atoms with E-state index in [-0.39, 0.29) is 15.8 Å². The summed E-state index contributed by atoms with van der Waals surface area (Å²) in [5.74, 6) is -1.14. The van der Waals surface area contributed by atoms with Crippen LogP contribution in [0.25, 0.3) is 0 Å². The molecule has 0 heterocycles. The summed E-state index contributed by atoms with van der Waals surface area (Å²) >= 11 is 5.82. The van der Waals surface area contributed by atoms with E-state index < -0.39 is 16.0 Å². The van der Waals surface area contributed by atoms with Gasteiger partial charge in [-0.05, 0) is 31.0 Å². The molecule has 2 N–H and O–H groups in total. The highest BCUT2D eigenvalue weighted by Crippen LogP contribution is 2.27. The van der Waals surface area contributed by atoms with E-state index >= 15 is 0 Å². The summed E-state index contributed by atoms with van der Waals surface area (Å²) in [6.07, 6.45) is 4.24. The first-order chi connectivity index (χ1) is 9.40. The van der Waals surface area contributed by atoms with Crippen molar-refractivity contribution in [2.45, 2.75) is 37.4 Å². The lowest BCUT2D eigenvalue weighted by molar-refractivity contribution is 0.0697. The van der Waals surface area contributed by atoms with E-state index in [0.717, 1.165) is 19.3 Å². The predicted octanol–water partition coefficient (Wildman–Crippen LogP) is 3.11. The molecule has 7 heteroatoms. The van der Waals surface area contributed by atoms with Gasteiger partial charge in [0.05, 0.1) is 21.5 Å². The maximum Gasteiger partial charge on any atom is 0.337 e. The van der Waals surface area contributed by atoms with Gasteiger partial charge in [0.25, 0.3) is 0 Å². The number of carboxylic acids is 1. The van der Waals surface area contributed by atoms with Gasteiger partial charge in [0.15, 0.2) is 0 Å². The normalized spacial score (nSPS) is 16.9. The monoisotopic (exact) mass is 317 g/mol. The van der Waals surface area contributed by atoms with Gasteiger partial charge < -0.3 is 5.11 Å². The maximum atomic E-state index is 12.2. The van der Waals surface area contributed by atoms with Crippen LogP contribution in [0.3, 0.4) is 0 Å². The minimum Gasteiger partial charge on any atom is -0.478 e. The Balaban J connectivity index is 2.17. The quantitative estimate of drug-likeness (QED) is 0.893. The summed E-state index contributed by atoms with van der Waals surface area (Å²) in [6.45, 7) is 0. The zero-order valence-electron chi connectivity index (χ0n) is 10.8. The van der Waals surface area contributed by atoms with Crippen molar-refractivity contribution in [2.75, 3.05) is 4.72 Å². The Labute approximate surface area is 123 Å². The molecule has 0 atom stereocenters. The Kier molecular flexibility index (Phi) is 4.55. The zero-order chi connectivity index (χ0) is 14.8. The average molecular weight is 318 g/mol. The molecule has 1 fully saturated rings. The molecule has 0 amide bonds. The van der Waals surface area contributed by atoms with Crippen LogP contribution >= 0.6 is 11.6 Å². The highest BCUT2D eigenvalue weighted by molar-refractivity contribution is 7.93. The van der Waals surface area contributed by atoms with Gasteiger partial charge in [0.1, 0.15) is 0 Å². The fraction of sp³-hybridized carbons (Fsp3) is 0.462. The molecule has 0 aromatic heterocycles. The lowest BCUT2D eigenvalue weighted by Gasteiger charge is -2.22. The van der Waals surface area contributed by atoms with Gasteiger partial charge in [-0.15, -0.1) is 0 Å². The second-order valence-corrected chi connectivity index (χ2v) is 7.27. The molecule has 1 saturated carbocycles. The van der Waals surface area contributed by atoms with Gasteiger partial charge in [0.2, 0.25) is 10.0 Å². The van der Waals surface area contributed by atoms with Crippen molar-refractivity contribution in [3.8, 4) is 0 Å². The zero-order valence-corrected chi connectivity index (χ0v) is 12.4. The third kappa shape index (κ3) is 3.43. The van der Waals surface area contributed by atoms with E-state index in [0.29, 0.717) is 18.5 Å². The van der Waals surface area contributed by atoms with Crippen LogP contribution < -0.4 is 4.72 Å². The Morgan fingerprint density at radius 3 is 2.45 bits per heavy atom. The third-order valence-corrected chi connectivity index (χ3v) is 5.63. The molecule has 20 heavy (non-hydrogen) atoms. The van der Waals surface area contributed by atoms with Crippen LogP contribution in [-0.2, 0) is 10.0 Å². The molecule has 5 nitrogen and oxygen atoms in total. The van der Waals surface area contributed by atoms with Crippen molar-refractivity contribution in [3.05, 3.63) is 28.8 Å². The van der Waals surface area contributed by atoms with Crippen LogP contribution in [-0.4, -0.2) is 24.7 Å². The van der Waals surface area contributed by atoms with Crippen LogP contribution in [0.2, 0.25) is 5.02 Å². The summed E-state index contributed by atoms with van der Waals surface area (Å²) in [7, 11) is -3.44. The molecule has 1 aromatic rings. The largest absolute Gasteiger partial charge is 0.478 e. The Bertz CT molecular complexity index is 609. The molecule has 0 spiro atoms. The van der Waals surface area contributed by atoms with E-state index in [1.165, 1.54) is 18.2 Å². The van der Waals surface area contributed by atoms with Crippen molar-refractivity contribution in [3.63, 3.8) is 0 Å². The topological polar surface area (TPSA) is 83.5 Å². The number of halogens is 1. The van der Waals surface area contributed by atoms with Gasteiger partial charge >= 0.3 is 5.97 Å². The first-order valence-electron chi connectivity index (χ1n) is 6.44. The van der Waals surface area contributed by atoms with Crippen molar-refractivity contribution in [1.82, 2.24) is 0 Å². The number of benzene rings is 1. The summed E-state index contributed by atoms with van der Waals surface area (Å²) in [4.78, 5) is 10.8. The average Bonchev–Trinajstić information content (AvgIpc) is 2.39. The standard InChI is InChI=1S/C13H16ClNO4S/c14-12-8-9(6-7-11(12)13(16)17)15-20(18,19)10-4-2-1-3-5-10/h6-8,10,15H,1-5H2,(H,16,17). The van der Waals surface area contributed by atoms with E-state index in [4.69, 9.17) is 16.7 Å². The molecule has 0 unspecified atom stereocenters. The highest BCUT2D eigenvalue weighted by Gasteiger charge is 2.27. The molecule has 0 aliphatic heterocycles. The molecule has 0 radical (unpaired) electrons. The highest BCUT2D eigenvalue weighted by atomic mass is 35.5. The molecular weight excluding hydrogens is 302 g/mol. The van der Waals surface area contributed by atoms with E-state index in [9.17, 15) is 13.2 Å². The number of sulfonamides is 1. The van der Waals surface area contributed by atoms with Crippen LogP contribution in [0.1, 0.15) is 42.5 Å². The van der Waals surface area contributed by atoms with E-state index in [1.807, 2.05) is 0 Å². The van der Waals surface area contributed by atoms with Crippen LogP contribution in [0, 0.1) is 0 Å². The van der Waals surface area contributed by atoms with Crippen LogP contribution in [0.4, 0.5) is 5.69 Å².